The molecule has 1 heterocycles. The van der Waals surface area contributed by atoms with Crippen LogP contribution in [-0.4, -0.2) is 19.0 Å². The van der Waals surface area contributed by atoms with E-state index >= 15 is 0 Å². The van der Waals surface area contributed by atoms with Crippen molar-refractivity contribution in [2.45, 2.75) is 44.2 Å². The number of amides is 1. The summed E-state index contributed by atoms with van der Waals surface area (Å²) in [6.45, 7) is 0. The molecule has 1 saturated carbocycles. The van der Waals surface area contributed by atoms with Gasteiger partial charge in [-0.15, -0.1) is 11.3 Å². The molecule has 2 rings (SSSR count). The molecule has 17 heavy (non-hydrogen) atoms. The Morgan fingerprint density at radius 1 is 1.41 bits per heavy atom. The number of carbonyl (C=O) groups is 1. The summed E-state index contributed by atoms with van der Waals surface area (Å²) >= 11 is 1.62. The van der Waals surface area contributed by atoms with Crippen molar-refractivity contribution in [3.63, 3.8) is 0 Å². The van der Waals surface area contributed by atoms with Gasteiger partial charge in [-0.3, -0.25) is 4.79 Å². The van der Waals surface area contributed by atoms with Crippen molar-refractivity contribution in [3.05, 3.63) is 22.4 Å². The van der Waals surface area contributed by atoms with Crippen LogP contribution >= 0.6 is 11.3 Å². The molecule has 0 aliphatic heterocycles. The second-order valence-electron chi connectivity index (χ2n) is 4.58. The van der Waals surface area contributed by atoms with Crippen LogP contribution in [-0.2, 0) is 4.79 Å². The van der Waals surface area contributed by atoms with Crippen LogP contribution < -0.4 is 10.6 Å². The fourth-order valence-electron chi connectivity index (χ4n) is 2.39. The van der Waals surface area contributed by atoms with Crippen molar-refractivity contribution in [2.24, 2.45) is 0 Å². The third-order valence-electron chi connectivity index (χ3n) is 3.33. The van der Waals surface area contributed by atoms with E-state index in [1.54, 1.807) is 11.3 Å². The van der Waals surface area contributed by atoms with Gasteiger partial charge in [-0.25, -0.2) is 0 Å². The maximum Gasteiger partial charge on any atom is 0.242 e. The van der Waals surface area contributed by atoms with Crippen LogP contribution in [0.15, 0.2) is 17.5 Å². The number of likely N-dealkylation sites (N-methyl/N-ethyl adjacent to an activating group) is 1. The lowest BCUT2D eigenvalue weighted by Gasteiger charge is -2.25. The van der Waals surface area contributed by atoms with E-state index in [9.17, 15) is 4.79 Å². The van der Waals surface area contributed by atoms with E-state index in [4.69, 9.17) is 0 Å². The first-order valence-electron chi connectivity index (χ1n) is 6.32. The van der Waals surface area contributed by atoms with Gasteiger partial charge in [-0.2, -0.15) is 0 Å². The Labute approximate surface area is 107 Å². The zero-order chi connectivity index (χ0) is 12.1. The highest BCUT2D eigenvalue weighted by molar-refractivity contribution is 7.10. The van der Waals surface area contributed by atoms with Crippen molar-refractivity contribution < 1.29 is 4.79 Å². The summed E-state index contributed by atoms with van der Waals surface area (Å²) in [5.41, 5.74) is 0. The average Bonchev–Trinajstić information content (AvgIpc) is 2.85. The van der Waals surface area contributed by atoms with Gasteiger partial charge in [0.05, 0.1) is 0 Å². The topological polar surface area (TPSA) is 41.1 Å². The SMILES string of the molecule is CNC(C(=O)NC1CCCCC1)c1cccs1. The zero-order valence-electron chi connectivity index (χ0n) is 10.2. The van der Waals surface area contributed by atoms with Crippen LogP contribution in [0, 0.1) is 0 Å². The maximum absolute atomic E-state index is 12.2. The first kappa shape index (κ1) is 12.6. The second-order valence-corrected chi connectivity index (χ2v) is 5.56. The van der Waals surface area contributed by atoms with Crippen LogP contribution in [0.2, 0.25) is 0 Å². The summed E-state index contributed by atoms with van der Waals surface area (Å²) in [6, 6.07) is 4.17. The van der Waals surface area contributed by atoms with E-state index in [-0.39, 0.29) is 11.9 Å². The van der Waals surface area contributed by atoms with Gasteiger partial charge >= 0.3 is 0 Å². The Balaban J connectivity index is 1.93. The van der Waals surface area contributed by atoms with E-state index in [1.807, 2.05) is 24.6 Å². The Hall–Kier alpha value is -0.870. The van der Waals surface area contributed by atoms with Crippen LogP contribution in [0.5, 0.6) is 0 Å². The third-order valence-corrected chi connectivity index (χ3v) is 4.27. The molecule has 2 N–H and O–H groups in total. The first-order valence-corrected chi connectivity index (χ1v) is 7.20. The number of carbonyl (C=O) groups excluding carboxylic acids is 1. The lowest BCUT2D eigenvalue weighted by Crippen LogP contribution is -2.42. The molecule has 0 aromatic carbocycles. The highest BCUT2D eigenvalue weighted by Gasteiger charge is 2.23. The monoisotopic (exact) mass is 252 g/mol. The van der Waals surface area contributed by atoms with Crippen molar-refractivity contribution in [1.29, 1.82) is 0 Å². The largest absolute Gasteiger partial charge is 0.352 e. The van der Waals surface area contributed by atoms with Gasteiger partial charge in [0.2, 0.25) is 5.91 Å². The van der Waals surface area contributed by atoms with Crippen molar-refractivity contribution in [1.82, 2.24) is 10.6 Å². The van der Waals surface area contributed by atoms with Gasteiger partial charge in [0.25, 0.3) is 0 Å². The van der Waals surface area contributed by atoms with E-state index in [0.717, 1.165) is 17.7 Å². The summed E-state index contributed by atoms with van der Waals surface area (Å²) < 4.78 is 0. The first-order chi connectivity index (χ1) is 8.31. The lowest BCUT2D eigenvalue weighted by molar-refractivity contribution is -0.124. The van der Waals surface area contributed by atoms with E-state index in [1.165, 1.54) is 19.3 Å². The molecule has 1 atom stereocenters. The van der Waals surface area contributed by atoms with Gasteiger partial charge in [0.1, 0.15) is 6.04 Å². The number of hydrogen-bond acceptors (Lipinski definition) is 3. The minimum absolute atomic E-state index is 0.113. The molecule has 0 radical (unpaired) electrons. The third kappa shape index (κ3) is 3.30. The molecule has 3 nitrogen and oxygen atoms in total. The molecule has 0 spiro atoms. The fraction of sp³-hybridized carbons (Fsp3) is 0.615. The Morgan fingerprint density at radius 2 is 2.18 bits per heavy atom. The predicted molar refractivity (Wildman–Crippen MR) is 71.1 cm³/mol. The Kier molecular flexibility index (Phi) is 4.57. The van der Waals surface area contributed by atoms with Crippen molar-refractivity contribution >= 4 is 17.2 Å². The highest BCUT2D eigenvalue weighted by Crippen LogP contribution is 2.21. The molecule has 1 aliphatic carbocycles. The molecule has 1 aromatic heterocycles. The molecule has 94 valence electrons. The number of thiophene rings is 1. The smallest absolute Gasteiger partial charge is 0.242 e. The fourth-order valence-corrected chi connectivity index (χ4v) is 3.22. The zero-order valence-corrected chi connectivity index (χ0v) is 11.1. The number of rotatable bonds is 4. The molecular formula is C13H20N2OS. The minimum Gasteiger partial charge on any atom is -0.352 e. The highest BCUT2D eigenvalue weighted by atomic mass is 32.1. The number of hydrogen-bond donors (Lipinski definition) is 2. The lowest BCUT2D eigenvalue weighted by atomic mass is 9.95. The summed E-state index contributed by atoms with van der Waals surface area (Å²) in [4.78, 5) is 13.3. The van der Waals surface area contributed by atoms with Crippen LogP contribution in [0.3, 0.4) is 0 Å². The summed E-state index contributed by atoms with van der Waals surface area (Å²) in [5, 5.41) is 8.26. The second kappa shape index (κ2) is 6.17. The van der Waals surface area contributed by atoms with Crippen molar-refractivity contribution in [2.75, 3.05) is 7.05 Å². The quantitative estimate of drug-likeness (QED) is 0.864. The molecule has 0 bridgehead atoms. The molecule has 1 amide bonds. The molecule has 1 fully saturated rings. The molecule has 4 heteroatoms. The van der Waals surface area contributed by atoms with Crippen LogP contribution in [0.25, 0.3) is 0 Å². The van der Waals surface area contributed by atoms with Gasteiger partial charge in [-0.05, 0) is 31.3 Å². The van der Waals surface area contributed by atoms with E-state index in [0.29, 0.717) is 6.04 Å². The van der Waals surface area contributed by atoms with Crippen molar-refractivity contribution in [3.8, 4) is 0 Å². The summed E-state index contributed by atoms with van der Waals surface area (Å²) in [6.07, 6.45) is 6.06. The van der Waals surface area contributed by atoms with Gasteiger partial charge in [-0.1, -0.05) is 25.3 Å². The molecule has 0 saturated heterocycles. The van der Waals surface area contributed by atoms with Gasteiger partial charge in [0, 0.05) is 10.9 Å². The number of nitrogens with one attached hydrogen (secondary N) is 2. The summed E-state index contributed by atoms with van der Waals surface area (Å²) in [7, 11) is 1.84. The average molecular weight is 252 g/mol. The molecule has 1 aliphatic rings. The molecular weight excluding hydrogens is 232 g/mol. The molecule has 1 unspecified atom stereocenters. The van der Waals surface area contributed by atoms with Gasteiger partial charge in [0.15, 0.2) is 0 Å². The maximum atomic E-state index is 12.2. The predicted octanol–water partition coefficient (Wildman–Crippen LogP) is 2.46. The summed E-state index contributed by atoms with van der Waals surface area (Å²) in [5.74, 6) is 0.113. The minimum atomic E-state index is -0.197. The van der Waals surface area contributed by atoms with E-state index in [2.05, 4.69) is 10.6 Å². The van der Waals surface area contributed by atoms with E-state index < -0.39 is 0 Å². The van der Waals surface area contributed by atoms with Crippen LogP contribution in [0.1, 0.15) is 43.0 Å². The normalized spacial score (nSPS) is 18.9. The Morgan fingerprint density at radius 3 is 2.76 bits per heavy atom. The van der Waals surface area contributed by atoms with Gasteiger partial charge < -0.3 is 10.6 Å². The van der Waals surface area contributed by atoms with Crippen LogP contribution in [0.4, 0.5) is 0 Å². The standard InChI is InChI=1S/C13H20N2OS/c1-14-12(11-8-5-9-17-11)13(16)15-10-6-3-2-4-7-10/h5,8-10,12,14H,2-4,6-7H2,1H3,(H,15,16). The Bertz CT molecular complexity index is 344. The molecule has 1 aromatic rings.